The summed E-state index contributed by atoms with van der Waals surface area (Å²) >= 11 is 0. The number of halogens is 1. The number of H-pyrrole nitrogens is 1. The zero-order chi connectivity index (χ0) is 24.9. The average Bonchev–Trinajstić information content (AvgIpc) is 3.46. The number of nitrogens with two attached hydrogens (primary N) is 1. The Morgan fingerprint density at radius 2 is 2.11 bits per heavy atom. The van der Waals surface area contributed by atoms with Gasteiger partial charge in [-0.25, -0.2) is 9.49 Å². The van der Waals surface area contributed by atoms with E-state index in [0.29, 0.717) is 33.3 Å². The Bertz CT molecular complexity index is 1650. The summed E-state index contributed by atoms with van der Waals surface area (Å²) in [5.74, 6) is 1.90. The summed E-state index contributed by atoms with van der Waals surface area (Å²) in [6, 6.07) is 8.66. The molecule has 0 unspecified atom stereocenters. The summed E-state index contributed by atoms with van der Waals surface area (Å²) in [5.41, 5.74) is 7.19. The Morgan fingerprint density at radius 1 is 1.34 bits per heavy atom. The Morgan fingerprint density at radius 3 is 2.77 bits per heavy atom. The third-order valence-electron chi connectivity index (χ3n) is 6.35. The molecule has 0 amide bonds. The number of nitrogens with zero attached hydrogens (tertiary/aromatic N) is 4. The van der Waals surface area contributed by atoms with Crippen molar-refractivity contribution in [1.29, 1.82) is 5.26 Å². The van der Waals surface area contributed by atoms with Gasteiger partial charge in [-0.05, 0) is 37.5 Å². The van der Waals surface area contributed by atoms with Crippen LogP contribution in [0.3, 0.4) is 0 Å². The van der Waals surface area contributed by atoms with Gasteiger partial charge in [0.2, 0.25) is 0 Å². The van der Waals surface area contributed by atoms with E-state index in [1.54, 1.807) is 31.4 Å². The first-order chi connectivity index (χ1) is 16.8. The molecule has 9 heteroatoms. The number of fused-ring (bicyclic) bond motifs is 1. The minimum absolute atomic E-state index is 0.00920. The number of nitrogens with one attached hydrogen (secondary N) is 1. The monoisotopic (exact) mass is 468 g/mol. The highest BCUT2D eigenvalue weighted by atomic mass is 19.1. The van der Waals surface area contributed by atoms with E-state index in [0.717, 1.165) is 12.8 Å². The maximum atomic E-state index is 15.8. The molecule has 2 aromatic carbocycles. The molecule has 2 aromatic heterocycles. The van der Waals surface area contributed by atoms with Crippen molar-refractivity contribution in [2.45, 2.75) is 31.9 Å². The second kappa shape index (κ2) is 8.08. The number of aryl methyl sites for hydroxylation is 1. The number of aromatic nitrogens is 4. The van der Waals surface area contributed by atoms with Crippen molar-refractivity contribution in [2.24, 2.45) is 12.8 Å². The van der Waals surface area contributed by atoms with Gasteiger partial charge in [0.05, 0.1) is 34.1 Å². The van der Waals surface area contributed by atoms with Crippen LogP contribution in [-0.4, -0.2) is 25.6 Å². The van der Waals surface area contributed by atoms with E-state index >= 15 is 4.39 Å². The van der Waals surface area contributed by atoms with Gasteiger partial charge >= 0.3 is 0 Å². The summed E-state index contributed by atoms with van der Waals surface area (Å²) in [7, 11) is 1.66. The van der Waals surface area contributed by atoms with Gasteiger partial charge in [-0.3, -0.25) is 9.48 Å². The van der Waals surface area contributed by atoms with Gasteiger partial charge in [-0.2, -0.15) is 15.5 Å². The summed E-state index contributed by atoms with van der Waals surface area (Å²) in [5, 5.41) is 21.9. The topological polar surface area (TPSA) is 123 Å². The number of terminal acetylenes is 1. The van der Waals surface area contributed by atoms with Crippen LogP contribution in [-0.2, 0) is 13.6 Å². The van der Waals surface area contributed by atoms with E-state index in [1.165, 1.54) is 10.7 Å². The molecule has 4 aromatic rings. The van der Waals surface area contributed by atoms with Crippen LogP contribution in [0, 0.1) is 29.5 Å². The molecular formula is C26H21FN6O2. The molecular weight excluding hydrogens is 447 g/mol. The second-order valence-electron chi connectivity index (χ2n) is 8.79. The van der Waals surface area contributed by atoms with Crippen LogP contribution in [0.5, 0.6) is 5.75 Å². The maximum Gasteiger partial charge on any atom is 0.272 e. The quantitative estimate of drug-likeness (QED) is 0.433. The van der Waals surface area contributed by atoms with E-state index in [-0.39, 0.29) is 34.5 Å². The highest BCUT2D eigenvalue weighted by Gasteiger charge is 2.41. The van der Waals surface area contributed by atoms with E-state index in [9.17, 15) is 10.1 Å². The molecule has 0 spiro atoms. The Kier molecular flexibility index (Phi) is 5.16. The van der Waals surface area contributed by atoms with Crippen LogP contribution in [0.4, 0.5) is 4.39 Å². The average molecular weight is 468 g/mol. The van der Waals surface area contributed by atoms with Crippen molar-refractivity contribution in [1.82, 2.24) is 20.0 Å². The van der Waals surface area contributed by atoms with Crippen LogP contribution in [0.15, 0.2) is 35.3 Å². The fourth-order valence-electron chi connectivity index (χ4n) is 4.18. The molecule has 1 aliphatic rings. The molecule has 0 radical (unpaired) electrons. The highest BCUT2D eigenvalue weighted by molar-refractivity contribution is 5.92. The molecule has 0 aliphatic heterocycles. The number of rotatable bonds is 5. The van der Waals surface area contributed by atoms with Crippen LogP contribution in [0.25, 0.3) is 33.2 Å². The van der Waals surface area contributed by atoms with Gasteiger partial charge in [-0.15, -0.1) is 6.42 Å². The van der Waals surface area contributed by atoms with Crippen molar-refractivity contribution in [2.75, 3.05) is 0 Å². The minimum atomic E-state index is -0.705. The smallest absolute Gasteiger partial charge is 0.272 e. The summed E-state index contributed by atoms with van der Waals surface area (Å²) < 4.78 is 23.3. The van der Waals surface area contributed by atoms with Crippen molar-refractivity contribution >= 4 is 10.8 Å². The number of aromatic amines is 1. The molecule has 1 aliphatic carbocycles. The number of hydrogen-bond acceptors (Lipinski definition) is 6. The van der Waals surface area contributed by atoms with Crippen LogP contribution < -0.4 is 16.0 Å². The molecule has 1 fully saturated rings. The molecule has 5 rings (SSSR count). The van der Waals surface area contributed by atoms with E-state index in [2.05, 4.69) is 27.3 Å². The zero-order valence-electron chi connectivity index (χ0n) is 19.1. The molecule has 8 nitrogen and oxygen atoms in total. The first-order valence-electron chi connectivity index (χ1n) is 11.0. The van der Waals surface area contributed by atoms with E-state index in [1.807, 2.05) is 6.92 Å². The summed E-state index contributed by atoms with van der Waals surface area (Å²) in [6.07, 6.45) is 8.85. The molecule has 3 N–H and O–H groups in total. The first kappa shape index (κ1) is 22.3. The largest absolute Gasteiger partial charge is 0.486 e. The molecule has 174 valence electrons. The maximum absolute atomic E-state index is 15.8. The van der Waals surface area contributed by atoms with Crippen LogP contribution in [0.1, 0.15) is 36.6 Å². The molecule has 2 heterocycles. The number of ether oxygens (including phenoxy) is 1. The van der Waals surface area contributed by atoms with Gasteiger partial charge in [0, 0.05) is 30.6 Å². The fraction of sp³-hybridized carbons (Fsp3) is 0.231. The second-order valence-corrected chi connectivity index (χ2v) is 8.79. The standard InChI is InChI=1S/C26H21FN6O2/c1-4-14-10-21(35-26(2)7-8-26)18(11-28)22(23(14)27)24-19(13-30-33(24)3)15-5-6-16-17(9-15)20(12-29)31-32-25(16)34/h1,5-6,9-10,13H,7-8,12,29H2,2-3H3,(H,32,34). The third kappa shape index (κ3) is 3.63. The SMILES string of the molecule is C#Cc1cc(OC2(C)CC2)c(C#N)c(-c2c(-c3ccc4c(=O)[nH]nc(CN)c4c3)cnn2C)c1F. The lowest BCUT2D eigenvalue weighted by Gasteiger charge is -2.18. The lowest BCUT2D eigenvalue weighted by atomic mass is 9.94. The van der Waals surface area contributed by atoms with Crippen LogP contribution in [0.2, 0.25) is 0 Å². The molecule has 1 saturated carbocycles. The van der Waals surface area contributed by atoms with Crippen molar-refractivity contribution in [3.63, 3.8) is 0 Å². The molecule has 0 atom stereocenters. The summed E-state index contributed by atoms with van der Waals surface area (Å²) in [6.45, 7) is 2.05. The number of nitriles is 1. The third-order valence-corrected chi connectivity index (χ3v) is 6.35. The molecule has 35 heavy (non-hydrogen) atoms. The number of hydrogen-bond donors (Lipinski definition) is 2. The predicted octanol–water partition coefficient (Wildman–Crippen LogP) is 3.37. The van der Waals surface area contributed by atoms with Gasteiger partial charge in [0.1, 0.15) is 28.8 Å². The van der Waals surface area contributed by atoms with E-state index < -0.39 is 11.4 Å². The van der Waals surface area contributed by atoms with Gasteiger partial charge in [-0.1, -0.05) is 12.0 Å². The first-order valence-corrected chi connectivity index (χ1v) is 11.0. The van der Waals surface area contributed by atoms with Gasteiger partial charge in [0.15, 0.2) is 0 Å². The van der Waals surface area contributed by atoms with E-state index in [4.69, 9.17) is 16.9 Å². The van der Waals surface area contributed by atoms with Crippen molar-refractivity contribution < 1.29 is 9.13 Å². The summed E-state index contributed by atoms with van der Waals surface area (Å²) in [4.78, 5) is 12.2. The van der Waals surface area contributed by atoms with Gasteiger partial charge < -0.3 is 10.5 Å². The van der Waals surface area contributed by atoms with Gasteiger partial charge in [0.25, 0.3) is 5.56 Å². The Labute approximate surface area is 200 Å². The van der Waals surface area contributed by atoms with Crippen LogP contribution >= 0.6 is 0 Å². The zero-order valence-corrected chi connectivity index (χ0v) is 19.1. The van der Waals surface area contributed by atoms with Crippen molar-refractivity contribution in [3.05, 3.63) is 63.5 Å². The Balaban J connectivity index is 1.78. The lowest BCUT2D eigenvalue weighted by molar-refractivity contribution is 0.199. The molecule has 0 bridgehead atoms. The lowest BCUT2D eigenvalue weighted by Crippen LogP contribution is -2.14. The number of benzene rings is 2. The van der Waals surface area contributed by atoms with Crippen molar-refractivity contribution in [3.8, 4) is 46.5 Å². The molecule has 0 saturated heterocycles. The normalized spacial score (nSPS) is 13.9. The highest BCUT2D eigenvalue weighted by Crippen LogP contribution is 2.45. The predicted molar refractivity (Wildman–Crippen MR) is 129 cm³/mol. The minimum Gasteiger partial charge on any atom is -0.486 e. The Hall–Kier alpha value is -4.47. The fourth-order valence-corrected chi connectivity index (χ4v) is 4.18.